The Morgan fingerprint density at radius 2 is 1.85 bits per heavy atom. The number of sulfonamides is 1. The van der Waals surface area contributed by atoms with Crippen LogP contribution in [0.4, 0.5) is 8.78 Å². The van der Waals surface area contributed by atoms with Gasteiger partial charge in [0.1, 0.15) is 11.6 Å². The first kappa shape index (κ1) is 18.4. The van der Waals surface area contributed by atoms with Gasteiger partial charge in [-0.05, 0) is 42.0 Å². The number of nitrogens with one attached hydrogen (secondary N) is 1. The normalized spacial score (nSPS) is 11.6. The minimum absolute atomic E-state index is 0.00913. The first-order valence-corrected chi connectivity index (χ1v) is 9.88. The number of thiophene rings is 1. The first-order chi connectivity index (χ1) is 12.3. The zero-order valence-corrected chi connectivity index (χ0v) is 14.9. The van der Waals surface area contributed by atoms with Gasteiger partial charge in [0, 0.05) is 17.5 Å². The van der Waals surface area contributed by atoms with Gasteiger partial charge in [0.2, 0.25) is 15.8 Å². The molecule has 0 spiro atoms. The zero-order chi connectivity index (χ0) is 18.7. The van der Waals surface area contributed by atoms with Crippen molar-refractivity contribution >= 4 is 27.1 Å². The smallest absolute Gasteiger partial charge is 0.238 e. The molecule has 2 aromatic heterocycles. The molecule has 136 valence electrons. The largest absolute Gasteiger partial charge is 0.461 e. The lowest BCUT2D eigenvalue weighted by atomic mass is 10.2. The van der Waals surface area contributed by atoms with Crippen molar-refractivity contribution in [1.29, 1.82) is 0 Å². The van der Waals surface area contributed by atoms with Crippen molar-refractivity contribution < 1.29 is 26.4 Å². The summed E-state index contributed by atoms with van der Waals surface area (Å²) in [6.07, 6.45) is 1.39. The van der Waals surface area contributed by atoms with Crippen LogP contribution in [-0.2, 0) is 22.3 Å². The van der Waals surface area contributed by atoms with E-state index in [0.717, 1.165) is 23.5 Å². The lowest BCUT2D eigenvalue weighted by Gasteiger charge is -2.06. The highest BCUT2D eigenvalue weighted by Crippen LogP contribution is 2.21. The molecule has 0 aliphatic rings. The number of ketones is 1. The third kappa shape index (κ3) is 4.63. The molecule has 9 heteroatoms. The topological polar surface area (TPSA) is 76.4 Å². The zero-order valence-electron chi connectivity index (χ0n) is 13.2. The van der Waals surface area contributed by atoms with Gasteiger partial charge in [-0.25, -0.2) is 21.9 Å². The molecule has 0 amide bonds. The summed E-state index contributed by atoms with van der Waals surface area (Å²) < 4.78 is 57.9. The Bertz CT molecular complexity index is 1010. The van der Waals surface area contributed by atoms with Crippen LogP contribution in [0.15, 0.2) is 53.1 Å². The molecule has 5 nitrogen and oxygen atoms in total. The van der Waals surface area contributed by atoms with Crippen LogP contribution in [0.25, 0.3) is 0 Å². The van der Waals surface area contributed by atoms with Gasteiger partial charge in [0.15, 0.2) is 5.76 Å². The number of furan rings is 1. The number of carbonyl (C=O) groups excluding carboxylic acids is 1. The summed E-state index contributed by atoms with van der Waals surface area (Å²) in [4.78, 5) is 13.2. The number of hydrogen-bond donors (Lipinski definition) is 1. The molecule has 26 heavy (non-hydrogen) atoms. The van der Waals surface area contributed by atoms with Gasteiger partial charge in [-0.3, -0.25) is 4.79 Å². The van der Waals surface area contributed by atoms with Gasteiger partial charge in [-0.2, -0.15) is 0 Å². The van der Waals surface area contributed by atoms with Crippen LogP contribution in [0.2, 0.25) is 0 Å². The molecule has 0 saturated heterocycles. The molecule has 1 N–H and O–H groups in total. The Balaban J connectivity index is 1.64. The third-order valence-corrected chi connectivity index (χ3v) is 5.76. The fraction of sp³-hybridized carbons (Fsp3) is 0.118. The minimum atomic E-state index is -3.80. The van der Waals surface area contributed by atoms with E-state index in [-0.39, 0.29) is 23.7 Å². The second-order valence-corrected chi connectivity index (χ2v) is 8.41. The number of benzene rings is 1. The van der Waals surface area contributed by atoms with E-state index >= 15 is 0 Å². The van der Waals surface area contributed by atoms with E-state index in [0.29, 0.717) is 15.8 Å². The maximum absolute atomic E-state index is 13.2. The highest BCUT2D eigenvalue weighted by atomic mass is 32.2. The van der Waals surface area contributed by atoms with Crippen molar-refractivity contribution in [2.75, 3.05) is 0 Å². The molecular weight excluding hydrogens is 384 g/mol. The first-order valence-electron chi connectivity index (χ1n) is 7.42. The van der Waals surface area contributed by atoms with Gasteiger partial charge in [-0.1, -0.05) is 0 Å². The minimum Gasteiger partial charge on any atom is -0.461 e. The van der Waals surface area contributed by atoms with Crippen LogP contribution in [0.1, 0.15) is 25.9 Å². The van der Waals surface area contributed by atoms with Gasteiger partial charge < -0.3 is 4.42 Å². The molecule has 0 aliphatic heterocycles. The molecule has 1 aromatic carbocycles. The highest BCUT2D eigenvalue weighted by Gasteiger charge is 2.17. The van der Waals surface area contributed by atoms with Crippen LogP contribution in [0, 0.1) is 11.6 Å². The van der Waals surface area contributed by atoms with Crippen LogP contribution >= 0.6 is 11.3 Å². The van der Waals surface area contributed by atoms with Gasteiger partial charge in [0.05, 0.1) is 16.9 Å². The van der Waals surface area contributed by atoms with Crippen molar-refractivity contribution in [1.82, 2.24) is 4.72 Å². The second kappa shape index (κ2) is 7.48. The summed E-state index contributed by atoms with van der Waals surface area (Å²) in [5.74, 6) is -2.31. The molecule has 3 aromatic rings. The molecule has 0 unspecified atom stereocenters. The fourth-order valence-corrected chi connectivity index (χ4v) is 4.34. The Kier molecular flexibility index (Phi) is 5.30. The quantitative estimate of drug-likeness (QED) is 0.620. The van der Waals surface area contributed by atoms with Crippen molar-refractivity contribution in [3.8, 4) is 0 Å². The van der Waals surface area contributed by atoms with E-state index in [1.807, 2.05) is 0 Å². The second-order valence-electron chi connectivity index (χ2n) is 5.43. The van der Waals surface area contributed by atoms with E-state index in [1.54, 1.807) is 24.3 Å². The average molecular weight is 397 g/mol. The predicted octanol–water partition coefficient (Wildman–Crippen LogP) is 3.47. The summed E-state index contributed by atoms with van der Waals surface area (Å²) in [5, 5.41) is 0. The lowest BCUT2D eigenvalue weighted by Crippen LogP contribution is -2.24. The molecule has 0 bridgehead atoms. The third-order valence-electron chi connectivity index (χ3n) is 3.38. The van der Waals surface area contributed by atoms with Crippen LogP contribution in [-0.4, -0.2) is 14.2 Å². The lowest BCUT2D eigenvalue weighted by molar-refractivity contribution is 0.101. The van der Waals surface area contributed by atoms with E-state index in [2.05, 4.69) is 4.72 Å². The van der Waals surface area contributed by atoms with Gasteiger partial charge in [0.25, 0.3) is 0 Å². The molecule has 0 atom stereocenters. The summed E-state index contributed by atoms with van der Waals surface area (Å²) in [7, 11) is -3.80. The summed E-state index contributed by atoms with van der Waals surface area (Å²) >= 11 is 1.13. The monoisotopic (exact) mass is 397 g/mol. The summed E-state index contributed by atoms with van der Waals surface area (Å²) in [6, 6.07) is 8.97. The van der Waals surface area contributed by atoms with Crippen LogP contribution < -0.4 is 4.72 Å². The van der Waals surface area contributed by atoms with Gasteiger partial charge >= 0.3 is 0 Å². The standard InChI is InChI=1S/C17H13F2NO4S2/c18-12-6-11(7-13(19)8-12)10-26(22,23)20-9-14-3-4-16(25-14)17(21)15-2-1-5-24-15/h1-8,20H,9-10H2. The Morgan fingerprint density at radius 1 is 1.12 bits per heavy atom. The fourth-order valence-electron chi connectivity index (χ4n) is 2.27. The number of halogens is 2. The SMILES string of the molecule is O=C(c1ccco1)c1ccc(CNS(=O)(=O)Cc2cc(F)cc(F)c2)s1. The van der Waals surface area contributed by atoms with Gasteiger partial charge in [-0.15, -0.1) is 11.3 Å². The van der Waals surface area contributed by atoms with E-state index < -0.39 is 27.4 Å². The van der Waals surface area contributed by atoms with E-state index in [1.165, 1.54) is 6.26 Å². The maximum atomic E-state index is 13.2. The highest BCUT2D eigenvalue weighted by molar-refractivity contribution is 7.88. The number of hydrogen-bond acceptors (Lipinski definition) is 5. The Hall–Kier alpha value is -2.36. The maximum Gasteiger partial charge on any atom is 0.238 e. The molecule has 0 fully saturated rings. The summed E-state index contributed by atoms with van der Waals surface area (Å²) in [5.41, 5.74) is 0.00913. The summed E-state index contributed by atoms with van der Waals surface area (Å²) in [6.45, 7) is -0.0315. The number of rotatable bonds is 7. The van der Waals surface area contributed by atoms with Crippen LogP contribution in [0.3, 0.4) is 0 Å². The molecule has 2 heterocycles. The van der Waals surface area contributed by atoms with Crippen molar-refractivity contribution in [3.05, 3.63) is 81.4 Å². The Morgan fingerprint density at radius 3 is 2.50 bits per heavy atom. The average Bonchev–Trinajstić information content (AvgIpc) is 3.23. The van der Waals surface area contributed by atoms with Crippen molar-refractivity contribution in [2.24, 2.45) is 0 Å². The Labute approximate surface area is 152 Å². The molecule has 0 saturated carbocycles. The molecule has 0 radical (unpaired) electrons. The van der Waals surface area contributed by atoms with Crippen molar-refractivity contribution in [3.63, 3.8) is 0 Å². The molecule has 3 rings (SSSR count). The van der Waals surface area contributed by atoms with E-state index in [4.69, 9.17) is 4.42 Å². The van der Waals surface area contributed by atoms with Crippen LogP contribution in [0.5, 0.6) is 0 Å². The van der Waals surface area contributed by atoms with E-state index in [9.17, 15) is 22.0 Å². The van der Waals surface area contributed by atoms with Crippen molar-refractivity contribution in [2.45, 2.75) is 12.3 Å². The molecule has 0 aliphatic carbocycles. The number of carbonyl (C=O) groups is 1. The predicted molar refractivity (Wildman–Crippen MR) is 92.3 cm³/mol. The molecular formula is C17H13F2NO4S2.